The van der Waals surface area contributed by atoms with Gasteiger partial charge in [0.05, 0.1) is 7.11 Å². The Kier molecular flexibility index (Phi) is 5.60. The van der Waals surface area contributed by atoms with E-state index in [0.29, 0.717) is 23.3 Å². The van der Waals surface area contributed by atoms with E-state index >= 15 is 0 Å². The van der Waals surface area contributed by atoms with Crippen LogP contribution in [0.2, 0.25) is 0 Å². The Morgan fingerprint density at radius 3 is 2.86 bits per heavy atom. The highest BCUT2D eigenvalue weighted by molar-refractivity contribution is 9.10. The molecule has 0 spiro atoms. The predicted molar refractivity (Wildman–Crippen MR) is 87.3 cm³/mol. The second kappa shape index (κ2) is 7.26. The van der Waals surface area contributed by atoms with Crippen molar-refractivity contribution < 1.29 is 13.2 Å². The van der Waals surface area contributed by atoms with Crippen LogP contribution in [-0.2, 0) is 16.6 Å². The molecule has 2 rings (SSSR count). The molecule has 1 aromatic heterocycles. The summed E-state index contributed by atoms with van der Waals surface area (Å²) in [4.78, 5) is 0.121. The number of nitrogens with one attached hydrogen (secondary N) is 1. The molecule has 1 N–H and O–H groups in total. The molecule has 0 amide bonds. The molecule has 1 heterocycles. The lowest BCUT2D eigenvalue weighted by molar-refractivity contribution is 0.401. The van der Waals surface area contributed by atoms with Crippen LogP contribution in [0.25, 0.3) is 0 Å². The molecule has 1 atom stereocenters. The number of hydrogen-bond acceptors (Lipinski definition) is 4. The fourth-order valence-corrected chi connectivity index (χ4v) is 3.85. The molecule has 1 unspecified atom stereocenters. The Labute approximate surface area is 138 Å². The smallest absolute Gasteiger partial charge is 0.244 e. The maximum atomic E-state index is 12.4. The number of nitrogens with zero attached hydrogens (tertiary/aromatic N) is 2. The maximum absolute atomic E-state index is 12.4. The normalized spacial score (nSPS) is 13.0. The lowest BCUT2D eigenvalue weighted by Gasteiger charge is -2.15. The molecular weight excluding hydrogens is 370 g/mol. The predicted octanol–water partition coefficient (Wildman–Crippen LogP) is 2.27. The number of hydrogen-bond donors (Lipinski definition) is 1. The quantitative estimate of drug-likeness (QED) is 0.790. The van der Waals surface area contributed by atoms with Gasteiger partial charge in [0.15, 0.2) is 0 Å². The van der Waals surface area contributed by atoms with Gasteiger partial charge in [-0.05, 0) is 30.2 Å². The van der Waals surface area contributed by atoms with Gasteiger partial charge in [-0.3, -0.25) is 4.68 Å². The molecule has 120 valence electrons. The molecule has 0 bridgehead atoms. The zero-order valence-electron chi connectivity index (χ0n) is 12.4. The van der Waals surface area contributed by atoms with Gasteiger partial charge in [-0.25, -0.2) is 13.1 Å². The van der Waals surface area contributed by atoms with E-state index in [1.165, 1.54) is 13.2 Å². The minimum absolute atomic E-state index is 0.104. The minimum atomic E-state index is -3.63. The average molecular weight is 388 g/mol. The first-order valence-electron chi connectivity index (χ1n) is 6.73. The maximum Gasteiger partial charge on any atom is 0.244 e. The third-order valence-corrected chi connectivity index (χ3v) is 5.03. The molecular formula is C14H18BrN3O3S. The molecule has 0 saturated heterocycles. The fourth-order valence-electron chi connectivity index (χ4n) is 1.98. The summed E-state index contributed by atoms with van der Waals surface area (Å²) in [5.74, 6) is 0.420. The second-order valence-electron chi connectivity index (χ2n) is 4.98. The standard InChI is InChI=1S/C14H18BrN3O3S/c1-11(10-18-7-3-6-16-18)9-17-22(19,20)14-8-12(15)4-5-13(14)21-2/h3-8,11,17H,9-10H2,1-2H3. The first-order valence-corrected chi connectivity index (χ1v) is 9.00. The number of methoxy groups -OCH3 is 1. The Bertz CT molecular complexity index is 717. The van der Waals surface area contributed by atoms with E-state index in [-0.39, 0.29) is 10.8 Å². The van der Waals surface area contributed by atoms with E-state index < -0.39 is 10.0 Å². The zero-order chi connectivity index (χ0) is 16.2. The summed E-state index contributed by atoms with van der Waals surface area (Å²) in [6.07, 6.45) is 3.55. The highest BCUT2D eigenvalue weighted by Gasteiger charge is 2.20. The van der Waals surface area contributed by atoms with Crippen LogP contribution in [0.5, 0.6) is 5.75 Å². The van der Waals surface area contributed by atoms with Crippen molar-refractivity contribution in [2.75, 3.05) is 13.7 Å². The van der Waals surface area contributed by atoms with E-state index in [4.69, 9.17) is 4.74 Å². The first-order chi connectivity index (χ1) is 10.4. The molecule has 0 aliphatic rings. The Morgan fingerprint density at radius 1 is 1.45 bits per heavy atom. The highest BCUT2D eigenvalue weighted by Crippen LogP contribution is 2.27. The van der Waals surface area contributed by atoms with Crippen LogP contribution in [-0.4, -0.2) is 31.9 Å². The number of aromatic nitrogens is 2. The van der Waals surface area contributed by atoms with E-state index in [1.807, 2.05) is 19.2 Å². The van der Waals surface area contributed by atoms with Crippen molar-refractivity contribution in [3.8, 4) is 5.75 Å². The van der Waals surface area contributed by atoms with Gasteiger partial charge in [-0.2, -0.15) is 5.10 Å². The van der Waals surface area contributed by atoms with Crippen LogP contribution in [0.15, 0.2) is 46.0 Å². The molecule has 2 aromatic rings. The van der Waals surface area contributed by atoms with Crippen molar-refractivity contribution in [2.45, 2.75) is 18.4 Å². The van der Waals surface area contributed by atoms with E-state index in [0.717, 1.165) is 0 Å². The van der Waals surface area contributed by atoms with Crippen LogP contribution in [0, 0.1) is 5.92 Å². The molecule has 0 fully saturated rings. The van der Waals surface area contributed by atoms with Gasteiger partial charge in [0.25, 0.3) is 0 Å². The van der Waals surface area contributed by atoms with Gasteiger partial charge >= 0.3 is 0 Å². The van der Waals surface area contributed by atoms with Gasteiger partial charge < -0.3 is 4.74 Å². The molecule has 8 heteroatoms. The van der Waals surface area contributed by atoms with Crippen molar-refractivity contribution in [3.05, 3.63) is 41.1 Å². The highest BCUT2D eigenvalue weighted by atomic mass is 79.9. The lowest BCUT2D eigenvalue weighted by atomic mass is 10.2. The van der Waals surface area contributed by atoms with Crippen molar-refractivity contribution in [1.29, 1.82) is 0 Å². The number of halogens is 1. The van der Waals surface area contributed by atoms with Crippen molar-refractivity contribution in [2.24, 2.45) is 5.92 Å². The molecule has 0 aliphatic heterocycles. The second-order valence-corrected chi connectivity index (χ2v) is 7.63. The number of benzene rings is 1. The molecule has 0 aliphatic carbocycles. The zero-order valence-corrected chi connectivity index (χ0v) is 14.8. The fraction of sp³-hybridized carbons (Fsp3) is 0.357. The summed E-state index contributed by atoms with van der Waals surface area (Å²) < 4.78 is 35.1. The summed E-state index contributed by atoms with van der Waals surface area (Å²) in [6, 6.07) is 6.71. The summed E-state index contributed by atoms with van der Waals surface area (Å²) in [5.41, 5.74) is 0. The van der Waals surface area contributed by atoms with Crippen molar-refractivity contribution in [1.82, 2.24) is 14.5 Å². The molecule has 0 saturated carbocycles. The summed E-state index contributed by atoms with van der Waals surface area (Å²) in [6.45, 7) is 2.92. The van der Waals surface area contributed by atoms with Gasteiger partial charge in [0, 0.05) is 30.0 Å². The van der Waals surface area contributed by atoms with Gasteiger partial charge in [-0.1, -0.05) is 22.9 Å². The van der Waals surface area contributed by atoms with Gasteiger partial charge in [0.2, 0.25) is 10.0 Å². The third kappa shape index (κ3) is 4.31. The summed E-state index contributed by atoms with van der Waals surface area (Å²) in [5, 5.41) is 4.11. The first kappa shape index (κ1) is 17.0. The monoisotopic (exact) mass is 387 g/mol. The van der Waals surface area contributed by atoms with Crippen LogP contribution in [0.1, 0.15) is 6.92 Å². The third-order valence-electron chi connectivity index (χ3n) is 3.09. The largest absolute Gasteiger partial charge is 0.495 e. The average Bonchev–Trinajstić information content (AvgIpc) is 2.98. The van der Waals surface area contributed by atoms with E-state index in [2.05, 4.69) is 25.8 Å². The Morgan fingerprint density at radius 2 is 2.23 bits per heavy atom. The van der Waals surface area contributed by atoms with Crippen molar-refractivity contribution >= 4 is 26.0 Å². The van der Waals surface area contributed by atoms with Crippen LogP contribution in [0.4, 0.5) is 0 Å². The lowest BCUT2D eigenvalue weighted by Crippen LogP contribution is -2.30. The van der Waals surface area contributed by atoms with E-state index in [9.17, 15) is 8.42 Å². The Hall–Kier alpha value is -1.38. The molecule has 22 heavy (non-hydrogen) atoms. The Balaban J connectivity index is 2.06. The van der Waals surface area contributed by atoms with E-state index in [1.54, 1.807) is 23.0 Å². The summed E-state index contributed by atoms with van der Waals surface area (Å²) in [7, 11) is -2.19. The number of sulfonamides is 1. The molecule has 1 aromatic carbocycles. The van der Waals surface area contributed by atoms with Crippen molar-refractivity contribution in [3.63, 3.8) is 0 Å². The molecule has 0 radical (unpaired) electrons. The number of ether oxygens (including phenoxy) is 1. The summed E-state index contributed by atoms with van der Waals surface area (Å²) >= 11 is 3.28. The van der Waals surface area contributed by atoms with Crippen LogP contribution in [0.3, 0.4) is 0 Å². The SMILES string of the molecule is COc1ccc(Br)cc1S(=O)(=O)NCC(C)Cn1cccn1. The van der Waals surface area contributed by atoms with Gasteiger partial charge in [0.1, 0.15) is 10.6 Å². The minimum Gasteiger partial charge on any atom is -0.495 e. The topological polar surface area (TPSA) is 73.2 Å². The number of rotatable bonds is 7. The molecule has 6 nitrogen and oxygen atoms in total. The van der Waals surface area contributed by atoms with Crippen LogP contribution >= 0.6 is 15.9 Å². The van der Waals surface area contributed by atoms with Gasteiger partial charge in [-0.15, -0.1) is 0 Å². The van der Waals surface area contributed by atoms with Crippen LogP contribution < -0.4 is 9.46 Å².